The van der Waals surface area contributed by atoms with Crippen molar-refractivity contribution >= 4 is 43.6 Å². The summed E-state index contributed by atoms with van der Waals surface area (Å²) in [6.07, 6.45) is 0. The zero-order valence-electron chi connectivity index (χ0n) is 29.7. The van der Waals surface area contributed by atoms with Gasteiger partial charge < -0.3 is 9.13 Å². The van der Waals surface area contributed by atoms with Crippen LogP contribution in [0.2, 0.25) is 0 Å². The maximum absolute atomic E-state index is 2.52. The van der Waals surface area contributed by atoms with Gasteiger partial charge in [-0.3, -0.25) is 0 Å². The molecular weight excluding hydrogens is 641 g/mol. The molecular formula is C51H36N2. The maximum Gasteiger partial charge on any atom is 0.0546 e. The fourth-order valence-corrected chi connectivity index (χ4v) is 9.29. The van der Waals surface area contributed by atoms with E-state index in [0.717, 1.165) is 0 Å². The number of benzene rings is 8. The third-order valence-electron chi connectivity index (χ3n) is 11.7. The Labute approximate surface area is 308 Å². The summed E-state index contributed by atoms with van der Waals surface area (Å²) in [5, 5.41) is 5.06. The van der Waals surface area contributed by atoms with E-state index >= 15 is 0 Å². The molecule has 10 aromatic rings. The fraction of sp³-hybridized carbons (Fsp3) is 0.0588. The molecule has 2 aromatic heterocycles. The van der Waals surface area contributed by atoms with Gasteiger partial charge in [0.15, 0.2) is 0 Å². The summed E-state index contributed by atoms with van der Waals surface area (Å²) in [7, 11) is 0. The summed E-state index contributed by atoms with van der Waals surface area (Å²) >= 11 is 0. The number of rotatable bonds is 4. The summed E-state index contributed by atoms with van der Waals surface area (Å²) in [5.41, 5.74) is 17.4. The van der Waals surface area contributed by atoms with Crippen LogP contribution in [-0.2, 0) is 5.41 Å². The Morgan fingerprint density at radius 2 is 0.962 bits per heavy atom. The van der Waals surface area contributed by atoms with E-state index < -0.39 is 0 Å². The summed E-state index contributed by atoms with van der Waals surface area (Å²) < 4.78 is 4.91. The molecule has 8 aromatic carbocycles. The minimum Gasteiger partial charge on any atom is -0.309 e. The Bertz CT molecular complexity index is 3070. The average Bonchev–Trinajstić information content (AvgIpc) is 3.80. The van der Waals surface area contributed by atoms with Crippen molar-refractivity contribution in [2.45, 2.75) is 19.3 Å². The molecule has 2 heterocycles. The van der Waals surface area contributed by atoms with Crippen molar-refractivity contribution in [2.24, 2.45) is 0 Å². The fourth-order valence-electron chi connectivity index (χ4n) is 9.29. The van der Waals surface area contributed by atoms with Gasteiger partial charge in [0.1, 0.15) is 0 Å². The topological polar surface area (TPSA) is 9.86 Å². The molecule has 1 aliphatic rings. The van der Waals surface area contributed by atoms with Crippen molar-refractivity contribution in [3.05, 3.63) is 193 Å². The molecule has 0 unspecified atom stereocenters. The van der Waals surface area contributed by atoms with Gasteiger partial charge in [0.2, 0.25) is 0 Å². The van der Waals surface area contributed by atoms with Gasteiger partial charge in [-0.1, -0.05) is 141 Å². The molecule has 0 fully saturated rings. The molecule has 53 heavy (non-hydrogen) atoms. The smallest absolute Gasteiger partial charge is 0.0546 e. The van der Waals surface area contributed by atoms with Gasteiger partial charge in [-0.25, -0.2) is 0 Å². The number of hydrogen-bond donors (Lipinski definition) is 0. The highest BCUT2D eigenvalue weighted by Gasteiger charge is 2.36. The third kappa shape index (κ3) is 4.27. The number of hydrogen-bond acceptors (Lipinski definition) is 0. The Morgan fingerprint density at radius 3 is 1.74 bits per heavy atom. The van der Waals surface area contributed by atoms with Crippen LogP contribution in [0.5, 0.6) is 0 Å². The first-order valence-electron chi connectivity index (χ1n) is 18.5. The van der Waals surface area contributed by atoms with Gasteiger partial charge >= 0.3 is 0 Å². The molecule has 250 valence electrons. The molecule has 0 saturated carbocycles. The van der Waals surface area contributed by atoms with E-state index in [0.29, 0.717) is 0 Å². The predicted molar refractivity (Wildman–Crippen MR) is 224 cm³/mol. The summed E-state index contributed by atoms with van der Waals surface area (Å²) in [4.78, 5) is 0. The van der Waals surface area contributed by atoms with E-state index in [4.69, 9.17) is 0 Å². The average molecular weight is 677 g/mol. The van der Waals surface area contributed by atoms with Gasteiger partial charge in [-0.05, 0) is 93.5 Å². The monoisotopic (exact) mass is 676 g/mol. The highest BCUT2D eigenvalue weighted by Crippen LogP contribution is 2.51. The van der Waals surface area contributed by atoms with Crippen LogP contribution >= 0.6 is 0 Å². The SMILES string of the molecule is CC1(C)c2ccccc2-c2cc3c4ccccc4n(-c4cccc(-c5ccc6c(c5)c5ccccc5n6-c5ccccc5)c4-c4ccccc4)c3cc21. The predicted octanol–water partition coefficient (Wildman–Crippen LogP) is 13.5. The van der Waals surface area contributed by atoms with Crippen molar-refractivity contribution in [3.63, 3.8) is 0 Å². The Morgan fingerprint density at radius 1 is 0.358 bits per heavy atom. The van der Waals surface area contributed by atoms with Crippen molar-refractivity contribution < 1.29 is 0 Å². The van der Waals surface area contributed by atoms with E-state index in [2.05, 4.69) is 205 Å². The molecule has 0 atom stereocenters. The van der Waals surface area contributed by atoms with Gasteiger partial charge in [0.25, 0.3) is 0 Å². The first kappa shape index (κ1) is 30.0. The van der Waals surface area contributed by atoms with Crippen LogP contribution in [-0.4, -0.2) is 9.13 Å². The van der Waals surface area contributed by atoms with Crippen LogP contribution < -0.4 is 0 Å². The zero-order chi connectivity index (χ0) is 35.3. The lowest BCUT2D eigenvalue weighted by atomic mass is 9.82. The Balaban J connectivity index is 1.21. The first-order valence-corrected chi connectivity index (χ1v) is 18.5. The van der Waals surface area contributed by atoms with Crippen molar-refractivity contribution in [3.8, 4) is 44.8 Å². The maximum atomic E-state index is 2.52. The molecule has 0 bridgehead atoms. The summed E-state index contributed by atoms with van der Waals surface area (Å²) in [6, 6.07) is 67.1. The lowest BCUT2D eigenvalue weighted by Gasteiger charge is -2.22. The quantitative estimate of drug-likeness (QED) is 0.176. The number of nitrogens with zero attached hydrogens (tertiary/aromatic N) is 2. The van der Waals surface area contributed by atoms with E-state index in [1.807, 2.05) is 0 Å². The summed E-state index contributed by atoms with van der Waals surface area (Å²) in [6.45, 7) is 4.74. The van der Waals surface area contributed by atoms with Gasteiger partial charge in [-0.15, -0.1) is 0 Å². The van der Waals surface area contributed by atoms with Crippen LogP contribution in [0.3, 0.4) is 0 Å². The Kier molecular flexibility index (Phi) is 6.33. The number of para-hydroxylation sites is 3. The molecule has 1 aliphatic carbocycles. The van der Waals surface area contributed by atoms with E-state index in [1.165, 1.54) is 99.5 Å². The third-order valence-corrected chi connectivity index (χ3v) is 11.7. The first-order chi connectivity index (χ1) is 26.1. The molecule has 0 saturated heterocycles. The molecule has 2 nitrogen and oxygen atoms in total. The molecule has 0 spiro atoms. The molecule has 2 heteroatoms. The minimum absolute atomic E-state index is 0.0974. The van der Waals surface area contributed by atoms with Crippen LogP contribution in [0.25, 0.3) is 88.4 Å². The number of aromatic nitrogens is 2. The second kappa shape index (κ2) is 11.2. The van der Waals surface area contributed by atoms with Gasteiger partial charge in [-0.2, -0.15) is 0 Å². The molecule has 0 radical (unpaired) electrons. The summed E-state index contributed by atoms with van der Waals surface area (Å²) in [5.74, 6) is 0. The van der Waals surface area contributed by atoms with Crippen LogP contribution in [0, 0.1) is 0 Å². The minimum atomic E-state index is -0.0974. The Hall–Kier alpha value is -6.64. The van der Waals surface area contributed by atoms with Crippen molar-refractivity contribution in [1.29, 1.82) is 0 Å². The largest absolute Gasteiger partial charge is 0.309 e. The highest BCUT2D eigenvalue weighted by atomic mass is 15.0. The normalized spacial score (nSPS) is 13.2. The van der Waals surface area contributed by atoms with Gasteiger partial charge in [0, 0.05) is 38.2 Å². The zero-order valence-corrected chi connectivity index (χ0v) is 29.7. The molecule has 0 aliphatic heterocycles. The molecule has 0 amide bonds. The van der Waals surface area contributed by atoms with E-state index in [1.54, 1.807) is 0 Å². The second-order valence-corrected chi connectivity index (χ2v) is 14.9. The van der Waals surface area contributed by atoms with Crippen LogP contribution in [0.1, 0.15) is 25.0 Å². The van der Waals surface area contributed by atoms with Crippen molar-refractivity contribution in [2.75, 3.05) is 0 Å². The standard InChI is InChI=1S/C51H36N2/c1-51(2)43-24-12-9-20-37(43)40-31-42-39-22-11-14-26-46(39)53(49(42)32-44(40)51)48-27-15-23-36(50(48)33-16-5-3-6-17-33)34-28-29-47-41(30-34)38-21-10-13-25-45(38)52(47)35-18-7-4-8-19-35/h3-32H,1-2H3. The van der Waals surface area contributed by atoms with Crippen molar-refractivity contribution in [1.82, 2.24) is 9.13 Å². The number of fused-ring (bicyclic) bond motifs is 9. The van der Waals surface area contributed by atoms with E-state index in [9.17, 15) is 0 Å². The lowest BCUT2D eigenvalue weighted by Crippen LogP contribution is -2.15. The van der Waals surface area contributed by atoms with E-state index in [-0.39, 0.29) is 5.41 Å². The molecule has 0 N–H and O–H groups in total. The highest BCUT2D eigenvalue weighted by molar-refractivity contribution is 6.13. The lowest BCUT2D eigenvalue weighted by molar-refractivity contribution is 0.661. The van der Waals surface area contributed by atoms with Gasteiger partial charge in [0.05, 0.1) is 27.8 Å². The molecule has 11 rings (SSSR count). The second-order valence-electron chi connectivity index (χ2n) is 14.9. The van der Waals surface area contributed by atoms with Crippen LogP contribution in [0.15, 0.2) is 182 Å². The van der Waals surface area contributed by atoms with Crippen LogP contribution in [0.4, 0.5) is 0 Å².